The van der Waals surface area contributed by atoms with Crippen LogP contribution < -0.4 is 5.32 Å². The van der Waals surface area contributed by atoms with Gasteiger partial charge in [0.2, 0.25) is 0 Å². The Balaban J connectivity index is 1.93. The van der Waals surface area contributed by atoms with Gasteiger partial charge in [0, 0.05) is 11.0 Å². The van der Waals surface area contributed by atoms with E-state index in [-0.39, 0.29) is 24.4 Å². The van der Waals surface area contributed by atoms with Crippen LogP contribution in [0.25, 0.3) is 10.4 Å². The maximum absolute atomic E-state index is 12.0. The first-order valence-electron chi connectivity index (χ1n) is 5.66. The zero-order chi connectivity index (χ0) is 13.7. The highest BCUT2D eigenvalue weighted by Gasteiger charge is 2.38. The van der Waals surface area contributed by atoms with E-state index >= 15 is 0 Å². The number of hydrogen-bond acceptors (Lipinski definition) is 4. The summed E-state index contributed by atoms with van der Waals surface area (Å²) in [5, 5.41) is 6.26. The van der Waals surface area contributed by atoms with E-state index in [1.807, 2.05) is 0 Å². The summed E-state index contributed by atoms with van der Waals surface area (Å²) in [7, 11) is -3.28. The molecular weight excluding hydrogens is 264 g/mol. The smallest absolute Gasteiger partial charge is 0.180 e. The second-order valence-electron chi connectivity index (χ2n) is 4.06. The van der Waals surface area contributed by atoms with Gasteiger partial charge in [0.15, 0.2) is 9.84 Å². The molecule has 1 aromatic rings. The van der Waals surface area contributed by atoms with Crippen LogP contribution in [0.2, 0.25) is 0 Å². The van der Waals surface area contributed by atoms with Crippen molar-refractivity contribution in [3.8, 4) is 11.8 Å². The SMILES string of the molecule is [N-]=[N+]=NCC#CC1NC1CS(=O)(=O)c1ccccc1. The van der Waals surface area contributed by atoms with Crippen LogP contribution in [0.1, 0.15) is 0 Å². The molecule has 0 bridgehead atoms. The van der Waals surface area contributed by atoms with E-state index in [4.69, 9.17) is 5.53 Å². The first kappa shape index (κ1) is 13.4. The molecular formula is C12H12N4O2S. The normalized spacial score (nSPS) is 20.8. The molecule has 0 radical (unpaired) electrons. The third-order valence-electron chi connectivity index (χ3n) is 2.66. The molecule has 0 saturated carbocycles. The lowest BCUT2D eigenvalue weighted by Gasteiger charge is -2.01. The van der Waals surface area contributed by atoms with Crippen molar-refractivity contribution in [2.24, 2.45) is 5.11 Å². The van der Waals surface area contributed by atoms with Gasteiger partial charge in [-0.1, -0.05) is 35.2 Å². The van der Waals surface area contributed by atoms with E-state index in [0.29, 0.717) is 4.90 Å². The largest absolute Gasteiger partial charge is 0.296 e. The summed E-state index contributed by atoms with van der Waals surface area (Å²) in [5.41, 5.74) is 8.07. The van der Waals surface area contributed by atoms with Gasteiger partial charge in [-0.3, -0.25) is 5.32 Å². The van der Waals surface area contributed by atoms with Crippen LogP contribution >= 0.6 is 0 Å². The van der Waals surface area contributed by atoms with Crippen LogP contribution in [0.15, 0.2) is 40.3 Å². The Bertz CT molecular complexity index is 654. The maximum Gasteiger partial charge on any atom is 0.180 e. The number of nitrogens with one attached hydrogen (secondary N) is 1. The summed E-state index contributed by atoms with van der Waals surface area (Å²) in [5.74, 6) is 5.53. The summed E-state index contributed by atoms with van der Waals surface area (Å²) in [6.45, 7) is 0.104. The Morgan fingerprint density at radius 1 is 1.37 bits per heavy atom. The van der Waals surface area contributed by atoms with Crippen molar-refractivity contribution >= 4 is 9.84 Å². The third kappa shape index (κ3) is 3.73. The van der Waals surface area contributed by atoms with Crippen LogP contribution in [-0.4, -0.2) is 32.8 Å². The molecule has 1 N–H and O–H groups in total. The van der Waals surface area contributed by atoms with Gasteiger partial charge >= 0.3 is 0 Å². The standard InChI is InChI=1S/C12H12N4O2S/c13-16-14-8-4-7-11-12(15-11)9-19(17,18)10-5-2-1-3-6-10/h1-3,5-6,11-12,15H,8-9H2. The summed E-state index contributed by atoms with van der Waals surface area (Å²) in [6, 6.07) is 8.06. The van der Waals surface area contributed by atoms with Crippen molar-refractivity contribution < 1.29 is 8.42 Å². The Hall–Kier alpha value is -2.00. The molecule has 0 amide bonds. The minimum absolute atomic E-state index is 0.0257. The van der Waals surface area contributed by atoms with E-state index in [1.165, 1.54) is 0 Å². The quantitative estimate of drug-likeness (QED) is 0.293. The lowest BCUT2D eigenvalue weighted by molar-refractivity contribution is 0.595. The fourth-order valence-electron chi connectivity index (χ4n) is 1.64. The van der Waals surface area contributed by atoms with Crippen LogP contribution in [0.4, 0.5) is 0 Å². The minimum Gasteiger partial charge on any atom is -0.296 e. The molecule has 2 atom stereocenters. The van der Waals surface area contributed by atoms with Gasteiger partial charge in [-0.25, -0.2) is 8.42 Å². The molecule has 1 fully saturated rings. The lowest BCUT2D eigenvalue weighted by Crippen LogP contribution is -2.14. The molecule has 1 heterocycles. The van der Waals surface area contributed by atoms with Crippen molar-refractivity contribution in [2.45, 2.75) is 17.0 Å². The highest BCUT2D eigenvalue weighted by molar-refractivity contribution is 7.91. The molecule has 1 saturated heterocycles. The van der Waals surface area contributed by atoms with Gasteiger partial charge in [0.05, 0.1) is 23.2 Å². The number of hydrogen-bond donors (Lipinski definition) is 1. The molecule has 19 heavy (non-hydrogen) atoms. The number of azide groups is 1. The average molecular weight is 276 g/mol. The number of sulfone groups is 1. The van der Waals surface area contributed by atoms with E-state index in [9.17, 15) is 8.42 Å². The number of benzene rings is 1. The molecule has 1 aliphatic heterocycles. The number of nitrogens with zero attached hydrogens (tertiary/aromatic N) is 3. The fraction of sp³-hybridized carbons (Fsp3) is 0.333. The van der Waals surface area contributed by atoms with Gasteiger partial charge in [-0.15, -0.1) is 0 Å². The van der Waals surface area contributed by atoms with Gasteiger partial charge in [0.25, 0.3) is 0 Å². The Morgan fingerprint density at radius 2 is 2.11 bits per heavy atom. The van der Waals surface area contributed by atoms with Gasteiger partial charge < -0.3 is 0 Å². The van der Waals surface area contributed by atoms with E-state index < -0.39 is 9.84 Å². The molecule has 1 aromatic carbocycles. The van der Waals surface area contributed by atoms with E-state index in [2.05, 4.69) is 27.2 Å². The molecule has 98 valence electrons. The maximum atomic E-state index is 12.0. The van der Waals surface area contributed by atoms with Crippen molar-refractivity contribution in [1.29, 1.82) is 0 Å². The van der Waals surface area contributed by atoms with Crippen molar-refractivity contribution in [1.82, 2.24) is 5.32 Å². The van der Waals surface area contributed by atoms with Crippen LogP contribution in [0.5, 0.6) is 0 Å². The zero-order valence-electron chi connectivity index (χ0n) is 10.0. The predicted molar refractivity (Wildman–Crippen MR) is 71.0 cm³/mol. The van der Waals surface area contributed by atoms with Crippen LogP contribution in [0.3, 0.4) is 0 Å². The van der Waals surface area contributed by atoms with E-state index in [1.54, 1.807) is 30.3 Å². The number of rotatable bonds is 4. The van der Waals surface area contributed by atoms with Crippen LogP contribution in [0, 0.1) is 11.8 Å². The highest BCUT2D eigenvalue weighted by atomic mass is 32.2. The van der Waals surface area contributed by atoms with Crippen molar-refractivity contribution in [2.75, 3.05) is 12.3 Å². The molecule has 0 aromatic heterocycles. The van der Waals surface area contributed by atoms with Crippen molar-refractivity contribution in [3.63, 3.8) is 0 Å². The lowest BCUT2D eigenvalue weighted by atomic mass is 10.3. The summed E-state index contributed by atoms with van der Waals surface area (Å²) >= 11 is 0. The summed E-state index contributed by atoms with van der Waals surface area (Å²) < 4.78 is 24.1. The second kappa shape index (κ2) is 5.76. The molecule has 1 aliphatic rings. The third-order valence-corrected chi connectivity index (χ3v) is 4.45. The molecule has 6 nitrogen and oxygen atoms in total. The molecule has 7 heteroatoms. The van der Waals surface area contributed by atoms with Gasteiger partial charge in [-0.05, 0) is 17.7 Å². The van der Waals surface area contributed by atoms with Gasteiger partial charge in [-0.2, -0.15) is 0 Å². The van der Waals surface area contributed by atoms with Crippen LogP contribution in [-0.2, 0) is 9.84 Å². The monoisotopic (exact) mass is 276 g/mol. The molecule has 2 unspecified atom stereocenters. The summed E-state index contributed by atoms with van der Waals surface area (Å²) in [4.78, 5) is 2.90. The summed E-state index contributed by atoms with van der Waals surface area (Å²) in [6.07, 6.45) is 0. The first-order chi connectivity index (χ1) is 9.13. The van der Waals surface area contributed by atoms with E-state index in [0.717, 1.165) is 0 Å². The Labute approximate surface area is 111 Å². The Morgan fingerprint density at radius 3 is 2.79 bits per heavy atom. The second-order valence-corrected chi connectivity index (χ2v) is 6.09. The molecule has 0 spiro atoms. The topological polar surface area (TPSA) is 105 Å². The minimum atomic E-state index is -3.28. The molecule has 0 aliphatic carbocycles. The fourth-order valence-corrected chi connectivity index (χ4v) is 3.17. The van der Waals surface area contributed by atoms with Crippen molar-refractivity contribution in [3.05, 3.63) is 40.8 Å². The molecule has 2 rings (SSSR count). The zero-order valence-corrected chi connectivity index (χ0v) is 10.8. The average Bonchev–Trinajstić information content (AvgIpc) is 3.13. The first-order valence-corrected chi connectivity index (χ1v) is 7.32. The predicted octanol–water partition coefficient (Wildman–Crippen LogP) is 1.11. The van der Waals surface area contributed by atoms with Gasteiger partial charge in [0.1, 0.15) is 0 Å². The Kier molecular flexibility index (Phi) is 4.07. The highest BCUT2D eigenvalue weighted by Crippen LogP contribution is 2.18.